The third-order valence-corrected chi connectivity index (χ3v) is 2.05. The quantitative estimate of drug-likeness (QED) is 0.611. The maximum atomic E-state index is 11.2. The number of nitrogens with one attached hydrogen (secondary N) is 1. The number of rotatable bonds is 4. The van der Waals surface area contributed by atoms with Crippen molar-refractivity contribution in [1.29, 1.82) is 0 Å². The molecule has 1 aromatic carbocycles. The Morgan fingerprint density at radius 2 is 2.27 bits per heavy atom. The fourth-order valence-corrected chi connectivity index (χ4v) is 1.24. The Kier molecular flexibility index (Phi) is 3.74. The fraction of sp³-hybridized carbons (Fsp3) is 0.182. The first-order valence-electron chi connectivity index (χ1n) is 4.48. The highest BCUT2D eigenvalue weighted by Gasteiger charge is 2.05. The van der Waals surface area contributed by atoms with E-state index in [-0.39, 0.29) is 5.78 Å². The Morgan fingerprint density at radius 3 is 2.80 bits per heavy atom. The summed E-state index contributed by atoms with van der Waals surface area (Å²) < 4.78 is 0. The highest BCUT2D eigenvalue weighted by molar-refractivity contribution is 6.29. The molecular weight excluding hydrogens is 212 g/mol. The topological polar surface area (TPSA) is 55.1 Å². The van der Waals surface area contributed by atoms with Crippen LogP contribution < -0.4 is 11.1 Å². The lowest BCUT2D eigenvalue weighted by Crippen LogP contribution is -2.04. The lowest BCUT2D eigenvalue weighted by molar-refractivity contribution is 0.101. The minimum absolute atomic E-state index is 0.0548. The zero-order valence-electron chi connectivity index (χ0n) is 8.51. The van der Waals surface area contributed by atoms with Crippen LogP contribution in [0.25, 0.3) is 0 Å². The van der Waals surface area contributed by atoms with Gasteiger partial charge in [0.05, 0.1) is 6.54 Å². The Balaban J connectivity index is 2.87. The second-order valence-corrected chi connectivity index (χ2v) is 3.76. The third-order valence-electron chi connectivity index (χ3n) is 1.92. The predicted octanol–water partition coefficient (Wildman–Crippen LogP) is 2.64. The van der Waals surface area contributed by atoms with Crippen molar-refractivity contribution in [2.24, 2.45) is 0 Å². The van der Waals surface area contributed by atoms with Gasteiger partial charge < -0.3 is 11.1 Å². The molecule has 3 nitrogen and oxygen atoms in total. The maximum absolute atomic E-state index is 11.2. The summed E-state index contributed by atoms with van der Waals surface area (Å²) in [6.07, 6.45) is 0. The van der Waals surface area contributed by atoms with E-state index in [9.17, 15) is 4.79 Å². The Morgan fingerprint density at radius 1 is 1.60 bits per heavy atom. The first-order chi connectivity index (χ1) is 7.00. The van der Waals surface area contributed by atoms with Gasteiger partial charge in [-0.1, -0.05) is 18.2 Å². The van der Waals surface area contributed by atoms with Crippen LogP contribution in [0.2, 0.25) is 0 Å². The van der Waals surface area contributed by atoms with Crippen molar-refractivity contribution in [3.05, 3.63) is 35.4 Å². The van der Waals surface area contributed by atoms with Crippen molar-refractivity contribution >= 4 is 28.8 Å². The molecule has 0 aliphatic heterocycles. The molecule has 3 N–H and O–H groups in total. The summed E-state index contributed by atoms with van der Waals surface area (Å²) in [7, 11) is 0. The highest BCUT2D eigenvalue weighted by atomic mass is 35.5. The van der Waals surface area contributed by atoms with Crippen molar-refractivity contribution < 1.29 is 4.79 Å². The molecule has 0 atom stereocenters. The number of nitrogens with two attached hydrogens (primary N) is 1. The number of ketones is 1. The molecule has 1 rings (SSSR count). The van der Waals surface area contributed by atoms with E-state index in [1.165, 1.54) is 6.92 Å². The van der Waals surface area contributed by atoms with Gasteiger partial charge in [0.15, 0.2) is 5.78 Å². The number of hydrogen-bond acceptors (Lipinski definition) is 3. The van der Waals surface area contributed by atoms with E-state index in [2.05, 4.69) is 11.9 Å². The lowest BCUT2D eigenvalue weighted by Gasteiger charge is -2.08. The zero-order chi connectivity index (χ0) is 11.4. The summed E-state index contributed by atoms with van der Waals surface area (Å²) in [4.78, 5) is 11.2. The van der Waals surface area contributed by atoms with Gasteiger partial charge in [0.25, 0.3) is 0 Å². The van der Waals surface area contributed by atoms with Crippen LogP contribution in [0.4, 0.5) is 11.4 Å². The first-order valence-corrected chi connectivity index (χ1v) is 4.86. The summed E-state index contributed by atoms with van der Waals surface area (Å²) in [6.45, 7) is 5.50. The van der Waals surface area contributed by atoms with E-state index in [1.54, 1.807) is 18.2 Å². The van der Waals surface area contributed by atoms with Gasteiger partial charge in [0.2, 0.25) is 0 Å². The summed E-state index contributed by atoms with van der Waals surface area (Å²) in [5, 5.41) is 3.54. The van der Waals surface area contributed by atoms with Crippen LogP contribution in [0.15, 0.2) is 29.8 Å². The Hall–Kier alpha value is -1.48. The van der Waals surface area contributed by atoms with Gasteiger partial charge in [-0.15, -0.1) is 0 Å². The van der Waals surface area contributed by atoms with Crippen molar-refractivity contribution in [1.82, 2.24) is 0 Å². The fourth-order valence-electron chi connectivity index (χ4n) is 1.17. The molecule has 0 saturated carbocycles. The SMILES string of the molecule is C=C(Cl)CNc1ccc(N)c(C(C)=O)c1. The largest absolute Gasteiger partial charge is 0.398 e. The van der Waals surface area contributed by atoms with Crippen molar-refractivity contribution in [3.8, 4) is 0 Å². The second kappa shape index (κ2) is 4.84. The number of anilines is 2. The van der Waals surface area contributed by atoms with E-state index < -0.39 is 0 Å². The van der Waals surface area contributed by atoms with Gasteiger partial charge in [-0.3, -0.25) is 4.79 Å². The number of hydrogen-bond donors (Lipinski definition) is 2. The van der Waals surface area contributed by atoms with E-state index in [1.807, 2.05) is 0 Å². The molecule has 80 valence electrons. The molecule has 0 fully saturated rings. The maximum Gasteiger partial charge on any atom is 0.161 e. The van der Waals surface area contributed by atoms with Crippen molar-refractivity contribution in [2.75, 3.05) is 17.6 Å². The van der Waals surface area contributed by atoms with Crippen LogP contribution in [0.5, 0.6) is 0 Å². The normalized spacial score (nSPS) is 9.73. The van der Waals surface area contributed by atoms with Gasteiger partial charge in [-0.25, -0.2) is 0 Å². The van der Waals surface area contributed by atoms with Gasteiger partial charge in [-0.2, -0.15) is 0 Å². The molecule has 0 saturated heterocycles. The van der Waals surface area contributed by atoms with Gasteiger partial charge in [-0.05, 0) is 25.1 Å². The second-order valence-electron chi connectivity index (χ2n) is 3.23. The smallest absolute Gasteiger partial charge is 0.161 e. The highest BCUT2D eigenvalue weighted by Crippen LogP contribution is 2.18. The molecule has 0 radical (unpaired) electrons. The van der Waals surface area contributed by atoms with E-state index in [0.29, 0.717) is 22.8 Å². The summed E-state index contributed by atoms with van der Waals surface area (Å²) in [5.74, 6) is -0.0548. The number of benzene rings is 1. The zero-order valence-corrected chi connectivity index (χ0v) is 9.27. The molecular formula is C11H13ClN2O. The Bertz CT molecular complexity index is 402. The molecule has 15 heavy (non-hydrogen) atoms. The van der Waals surface area contributed by atoms with Crippen LogP contribution in [-0.4, -0.2) is 12.3 Å². The number of carbonyl (C=O) groups is 1. The standard InChI is InChI=1S/C11H13ClN2O/c1-7(12)6-14-9-3-4-11(13)10(5-9)8(2)15/h3-5,14H,1,6,13H2,2H3. The van der Waals surface area contributed by atoms with Gasteiger partial charge in [0, 0.05) is 22.0 Å². The van der Waals surface area contributed by atoms with Crippen LogP contribution in [0.3, 0.4) is 0 Å². The third kappa shape index (κ3) is 3.29. The summed E-state index contributed by atoms with van der Waals surface area (Å²) in [5.41, 5.74) is 7.45. The van der Waals surface area contributed by atoms with Crippen molar-refractivity contribution in [2.45, 2.75) is 6.92 Å². The number of halogens is 1. The van der Waals surface area contributed by atoms with Crippen LogP contribution in [-0.2, 0) is 0 Å². The summed E-state index contributed by atoms with van der Waals surface area (Å²) >= 11 is 5.61. The molecule has 4 heteroatoms. The molecule has 0 unspecified atom stereocenters. The number of nitrogen functional groups attached to an aromatic ring is 1. The molecule has 0 aromatic heterocycles. The molecule has 0 spiro atoms. The van der Waals surface area contributed by atoms with Crippen LogP contribution >= 0.6 is 11.6 Å². The summed E-state index contributed by atoms with van der Waals surface area (Å²) in [6, 6.07) is 5.19. The van der Waals surface area contributed by atoms with Crippen LogP contribution in [0.1, 0.15) is 17.3 Å². The molecule has 0 amide bonds. The minimum Gasteiger partial charge on any atom is -0.398 e. The molecule has 0 heterocycles. The number of carbonyl (C=O) groups excluding carboxylic acids is 1. The van der Waals surface area contributed by atoms with Gasteiger partial charge >= 0.3 is 0 Å². The molecule has 0 aliphatic carbocycles. The predicted molar refractivity (Wildman–Crippen MR) is 64.3 cm³/mol. The molecule has 0 aliphatic rings. The van der Waals surface area contributed by atoms with E-state index in [4.69, 9.17) is 17.3 Å². The average Bonchev–Trinajstić information content (AvgIpc) is 2.16. The van der Waals surface area contributed by atoms with E-state index >= 15 is 0 Å². The Labute approximate surface area is 93.9 Å². The lowest BCUT2D eigenvalue weighted by atomic mass is 10.1. The van der Waals surface area contributed by atoms with Gasteiger partial charge in [0.1, 0.15) is 0 Å². The average molecular weight is 225 g/mol. The van der Waals surface area contributed by atoms with E-state index in [0.717, 1.165) is 5.69 Å². The van der Waals surface area contributed by atoms with Crippen LogP contribution in [0, 0.1) is 0 Å². The first kappa shape index (κ1) is 11.6. The van der Waals surface area contributed by atoms with Crippen molar-refractivity contribution in [3.63, 3.8) is 0 Å². The minimum atomic E-state index is -0.0548. The molecule has 1 aromatic rings. The molecule has 0 bridgehead atoms. The monoisotopic (exact) mass is 224 g/mol. The number of Topliss-reactive ketones (excluding diaryl/α,β-unsaturated/α-hetero) is 1.